The highest BCUT2D eigenvalue weighted by molar-refractivity contribution is 5.97. The summed E-state index contributed by atoms with van der Waals surface area (Å²) in [5.74, 6) is -0.557. The Morgan fingerprint density at radius 2 is 2.16 bits per heavy atom. The summed E-state index contributed by atoms with van der Waals surface area (Å²) in [5.41, 5.74) is 6.70. The summed E-state index contributed by atoms with van der Waals surface area (Å²) in [6.45, 7) is 1.89. The van der Waals surface area contributed by atoms with Crippen molar-refractivity contribution in [3.8, 4) is 0 Å². The number of nitrogens with one attached hydrogen (secondary N) is 2. The van der Waals surface area contributed by atoms with Crippen LogP contribution in [0.1, 0.15) is 42.4 Å². The second kappa shape index (κ2) is 6.44. The van der Waals surface area contributed by atoms with Crippen LogP contribution in [0.4, 0.5) is 18.9 Å². The third-order valence-corrected chi connectivity index (χ3v) is 2.52. The third-order valence-electron chi connectivity index (χ3n) is 2.52. The highest BCUT2D eigenvalue weighted by atomic mass is 19.4. The van der Waals surface area contributed by atoms with Crippen molar-refractivity contribution in [2.24, 2.45) is 0 Å². The fourth-order valence-corrected chi connectivity index (χ4v) is 1.57. The van der Waals surface area contributed by atoms with E-state index in [0.29, 0.717) is 12.1 Å². The Balaban J connectivity index is 2.46. The quantitative estimate of drug-likeness (QED) is 0.696. The predicted molar refractivity (Wildman–Crippen MR) is 64.6 cm³/mol. The number of nitrogens with two attached hydrogens (primary N) is 1. The molecule has 108 valence electrons. The molecule has 8 heteroatoms. The van der Waals surface area contributed by atoms with Gasteiger partial charge >= 0.3 is 6.18 Å². The molecule has 1 aromatic heterocycles. The standard InChI is InChI=1S/C11H17F3N4O/c1-2-4-7-8(15)9(18-17-7)10(19)16-6-3-5-11(12,13)14/h2-6,15H2,1H3,(H,16,19)(H,17,18). The van der Waals surface area contributed by atoms with Crippen LogP contribution in [0.15, 0.2) is 0 Å². The number of H-pyrrole nitrogens is 1. The van der Waals surface area contributed by atoms with Crippen molar-refractivity contribution in [2.45, 2.75) is 38.8 Å². The first-order valence-electron chi connectivity index (χ1n) is 6.02. The van der Waals surface area contributed by atoms with Crippen molar-refractivity contribution in [2.75, 3.05) is 12.3 Å². The van der Waals surface area contributed by atoms with Crippen molar-refractivity contribution in [3.63, 3.8) is 0 Å². The lowest BCUT2D eigenvalue weighted by atomic mass is 10.2. The molecule has 0 saturated carbocycles. The van der Waals surface area contributed by atoms with E-state index in [2.05, 4.69) is 15.5 Å². The zero-order chi connectivity index (χ0) is 14.5. The molecule has 0 aromatic carbocycles. The van der Waals surface area contributed by atoms with E-state index >= 15 is 0 Å². The van der Waals surface area contributed by atoms with Crippen LogP contribution in [0, 0.1) is 0 Å². The Labute approximate surface area is 108 Å². The first-order valence-corrected chi connectivity index (χ1v) is 6.02. The first kappa shape index (κ1) is 15.3. The summed E-state index contributed by atoms with van der Waals surface area (Å²) in [4.78, 5) is 11.7. The molecule has 1 rings (SSSR count). The minimum Gasteiger partial charge on any atom is -0.395 e. The minimum atomic E-state index is -4.20. The van der Waals surface area contributed by atoms with Crippen LogP contribution in [-0.2, 0) is 6.42 Å². The zero-order valence-electron chi connectivity index (χ0n) is 10.6. The van der Waals surface area contributed by atoms with E-state index < -0.39 is 18.5 Å². The van der Waals surface area contributed by atoms with E-state index in [-0.39, 0.29) is 24.3 Å². The molecule has 0 saturated heterocycles. The van der Waals surface area contributed by atoms with Gasteiger partial charge in [0.15, 0.2) is 5.69 Å². The van der Waals surface area contributed by atoms with E-state index in [9.17, 15) is 18.0 Å². The van der Waals surface area contributed by atoms with E-state index in [1.807, 2.05) is 6.92 Å². The van der Waals surface area contributed by atoms with Gasteiger partial charge in [0.2, 0.25) is 0 Å². The van der Waals surface area contributed by atoms with Gasteiger partial charge in [-0.1, -0.05) is 13.3 Å². The molecule has 0 atom stereocenters. The smallest absolute Gasteiger partial charge is 0.389 e. The van der Waals surface area contributed by atoms with Gasteiger partial charge in [-0.2, -0.15) is 18.3 Å². The molecule has 0 unspecified atom stereocenters. The number of hydrogen-bond acceptors (Lipinski definition) is 3. The monoisotopic (exact) mass is 278 g/mol. The summed E-state index contributed by atoms with van der Waals surface area (Å²) in [5, 5.41) is 8.80. The molecule has 0 bridgehead atoms. The summed E-state index contributed by atoms with van der Waals surface area (Å²) >= 11 is 0. The fourth-order valence-electron chi connectivity index (χ4n) is 1.57. The maximum absolute atomic E-state index is 11.9. The summed E-state index contributed by atoms with van der Waals surface area (Å²) in [6, 6.07) is 0. The number of halogens is 3. The van der Waals surface area contributed by atoms with Gasteiger partial charge in [0, 0.05) is 13.0 Å². The Morgan fingerprint density at radius 1 is 1.47 bits per heavy atom. The predicted octanol–water partition coefficient (Wildman–Crippen LogP) is 2.02. The zero-order valence-corrected chi connectivity index (χ0v) is 10.6. The summed E-state index contributed by atoms with van der Waals surface area (Å²) < 4.78 is 35.7. The van der Waals surface area contributed by atoms with Crippen LogP contribution >= 0.6 is 0 Å². The van der Waals surface area contributed by atoms with E-state index in [0.717, 1.165) is 6.42 Å². The van der Waals surface area contributed by atoms with E-state index in [1.54, 1.807) is 0 Å². The van der Waals surface area contributed by atoms with Gasteiger partial charge < -0.3 is 11.1 Å². The van der Waals surface area contributed by atoms with Crippen LogP contribution in [0.25, 0.3) is 0 Å². The molecule has 1 amide bonds. The lowest BCUT2D eigenvalue weighted by Crippen LogP contribution is -2.26. The average Bonchev–Trinajstić information content (AvgIpc) is 2.66. The van der Waals surface area contributed by atoms with Crippen molar-refractivity contribution < 1.29 is 18.0 Å². The Morgan fingerprint density at radius 3 is 2.74 bits per heavy atom. The fraction of sp³-hybridized carbons (Fsp3) is 0.636. The number of carbonyl (C=O) groups excluding carboxylic acids is 1. The Hall–Kier alpha value is -1.73. The highest BCUT2D eigenvalue weighted by Crippen LogP contribution is 2.21. The second-order valence-corrected chi connectivity index (χ2v) is 4.19. The summed E-state index contributed by atoms with van der Waals surface area (Å²) in [7, 11) is 0. The van der Waals surface area contributed by atoms with Gasteiger partial charge in [-0.05, 0) is 12.8 Å². The number of alkyl halides is 3. The normalized spacial score (nSPS) is 11.6. The SMILES string of the molecule is CCCc1[nH]nc(C(=O)NCCCC(F)(F)F)c1N. The molecule has 0 aliphatic heterocycles. The number of carbonyl (C=O) groups is 1. The molecular weight excluding hydrogens is 261 g/mol. The molecule has 0 spiro atoms. The van der Waals surface area contributed by atoms with Gasteiger partial charge in [-0.15, -0.1) is 0 Å². The number of nitrogen functional groups attached to an aromatic ring is 1. The van der Waals surface area contributed by atoms with Crippen LogP contribution < -0.4 is 11.1 Å². The lowest BCUT2D eigenvalue weighted by molar-refractivity contribution is -0.135. The molecule has 1 heterocycles. The molecule has 0 aliphatic rings. The Kier molecular flexibility index (Phi) is 5.20. The molecule has 5 nitrogen and oxygen atoms in total. The van der Waals surface area contributed by atoms with Crippen LogP contribution in [0.5, 0.6) is 0 Å². The lowest BCUT2D eigenvalue weighted by Gasteiger charge is -2.06. The Bertz CT molecular complexity index is 428. The number of nitrogens with zero attached hydrogens (tertiary/aromatic N) is 1. The number of aryl methyl sites for hydroxylation is 1. The number of aromatic nitrogens is 2. The molecule has 0 aliphatic carbocycles. The number of anilines is 1. The van der Waals surface area contributed by atoms with Crippen LogP contribution in [0.2, 0.25) is 0 Å². The largest absolute Gasteiger partial charge is 0.395 e. The summed E-state index contributed by atoms with van der Waals surface area (Å²) in [6.07, 6.45) is -3.78. The molecule has 19 heavy (non-hydrogen) atoms. The van der Waals surface area contributed by atoms with Gasteiger partial charge in [0.25, 0.3) is 5.91 Å². The van der Waals surface area contributed by atoms with Crippen molar-refractivity contribution in [1.82, 2.24) is 15.5 Å². The van der Waals surface area contributed by atoms with Gasteiger partial charge in [0.05, 0.1) is 11.4 Å². The van der Waals surface area contributed by atoms with Crippen LogP contribution in [-0.4, -0.2) is 28.8 Å². The maximum Gasteiger partial charge on any atom is 0.389 e. The average molecular weight is 278 g/mol. The molecule has 4 N–H and O–H groups in total. The molecule has 0 fully saturated rings. The number of hydrogen-bond donors (Lipinski definition) is 3. The number of aromatic amines is 1. The highest BCUT2D eigenvalue weighted by Gasteiger charge is 2.26. The molecular formula is C11H17F3N4O. The van der Waals surface area contributed by atoms with Gasteiger partial charge in [-0.25, -0.2) is 0 Å². The molecule has 1 aromatic rings. The van der Waals surface area contributed by atoms with Crippen molar-refractivity contribution in [1.29, 1.82) is 0 Å². The topological polar surface area (TPSA) is 83.8 Å². The second-order valence-electron chi connectivity index (χ2n) is 4.19. The minimum absolute atomic E-state index is 0.0375. The number of amides is 1. The molecule has 0 radical (unpaired) electrons. The first-order chi connectivity index (χ1) is 8.85. The van der Waals surface area contributed by atoms with Crippen molar-refractivity contribution in [3.05, 3.63) is 11.4 Å². The van der Waals surface area contributed by atoms with Gasteiger partial charge in [0.1, 0.15) is 0 Å². The van der Waals surface area contributed by atoms with Crippen LogP contribution in [0.3, 0.4) is 0 Å². The van der Waals surface area contributed by atoms with Crippen molar-refractivity contribution >= 4 is 11.6 Å². The maximum atomic E-state index is 11.9. The van der Waals surface area contributed by atoms with Gasteiger partial charge in [-0.3, -0.25) is 9.89 Å². The number of rotatable bonds is 6. The third kappa shape index (κ3) is 4.80. The van der Waals surface area contributed by atoms with E-state index in [4.69, 9.17) is 5.73 Å². The van der Waals surface area contributed by atoms with E-state index in [1.165, 1.54) is 0 Å².